The molecule has 0 aromatic heterocycles. The van der Waals surface area contributed by atoms with E-state index < -0.39 is 10.8 Å². The molecule has 38 heavy (non-hydrogen) atoms. The molecule has 4 heteroatoms. The van der Waals surface area contributed by atoms with E-state index in [2.05, 4.69) is 38.7 Å². The second-order valence-electron chi connectivity index (χ2n) is 13.3. The molecule has 4 aliphatic rings. The zero-order valence-electron chi connectivity index (χ0n) is 24.3. The molecule has 208 valence electrons. The summed E-state index contributed by atoms with van der Waals surface area (Å²) in [7, 11) is 0. The van der Waals surface area contributed by atoms with Crippen LogP contribution in [0.4, 0.5) is 0 Å². The summed E-state index contributed by atoms with van der Waals surface area (Å²) in [6.07, 6.45) is 30.3. The van der Waals surface area contributed by atoms with Crippen molar-refractivity contribution in [3.8, 4) is 0 Å². The normalized spacial score (nSPS) is 25.4. The molecule has 0 saturated heterocycles. The average molecular weight is 519 g/mol. The molecule has 0 radical (unpaired) electrons. The van der Waals surface area contributed by atoms with Gasteiger partial charge in [-0.1, -0.05) is 76.7 Å². The van der Waals surface area contributed by atoms with Gasteiger partial charge in [-0.2, -0.15) is 0 Å². The van der Waals surface area contributed by atoms with E-state index in [1.165, 1.54) is 56.9 Å². The first-order chi connectivity index (χ1) is 18.2. The number of amides is 2. The van der Waals surface area contributed by atoms with E-state index in [0.29, 0.717) is 11.8 Å². The molecule has 0 bridgehead atoms. The largest absolute Gasteiger partial charge is 0.311 e. The lowest BCUT2D eigenvalue weighted by atomic mass is 9.75. The zero-order valence-corrected chi connectivity index (χ0v) is 24.3. The fraction of sp³-hybridized carbons (Fsp3) is 0.647. The van der Waals surface area contributed by atoms with Crippen LogP contribution in [0.3, 0.4) is 0 Å². The van der Waals surface area contributed by atoms with Gasteiger partial charge in [0.1, 0.15) is 0 Å². The van der Waals surface area contributed by atoms with Crippen molar-refractivity contribution in [3.05, 3.63) is 61.0 Å². The van der Waals surface area contributed by atoms with Crippen molar-refractivity contribution >= 4 is 11.8 Å². The first-order valence-corrected chi connectivity index (χ1v) is 15.2. The minimum absolute atomic E-state index is 0.0748. The van der Waals surface area contributed by atoms with Crippen LogP contribution < -0.4 is 0 Å². The summed E-state index contributed by atoms with van der Waals surface area (Å²) in [5.74, 6) is 1.35. The molecule has 0 aromatic rings. The number of carbonyl (C=O) groups is 2. The molecule has 0 aromatic carbocycles. The SMILES string of the molecule is C=CC(C)(C)C(=O)N1C=CC=C(CCC(C)(C)C(=O)N2C=CC=CC2C2CCCCC2)C1C1CCCCC1. The topological polar surface area (TPSA) is 40.6 Å². The van der Waals surface area contributed by atoms with Gasteiger partial charge >= 0.3 is 0 Å². The van der Waals surface area contributed by atoms with Crippen LogP contribution in [0.1, 0.15) is 105 Å². The maximum absolute atomic E-state index is 14.0. The molecule has 2 aliphatic carbocycles. The molecule has 2 atom stereocenters. The lowest BCUT2D eigenvalue weighted by Crippen LogP contribution is -2.49. The predicted molar refractivity (Wildman–Crippen MR) is 157 cm³/mol. The van der Waals surface area contributed by atoms with Crippen LogP contribution in [-0.4, -0.2) is 33.7 Å². The van der Waals surface area contributed by atoms with Gasteiger partial charge in [-0.15, -0.1) is 6.58 Å². The van der Waals surface area contributed by atoms with Crippen molar-refractivity contribution in [1.82, 2.24) is 9.80 Å². The lowest BCUT2D eigenvalue weighted by Gasteiger charge is -2.43. The maximum atomic E-state index is 14.0. The average Bonchev–Trinajstić information content (AvgIpc) is 2.96. The van der Waals surface area contributed by atoms with Crippen LogP contribution in [0.25, 0.3) is 0 Å². The van der Waals surface area contributed by atoms with Crippen molar-refractivity contribution < 1.29 is 9.59 Å². The maximum Gasteiger partial charge on any atom is 0.236 e. The number of carbonyl (C=O) groups excluding carboxylic acids is 2. The Hall–Kier alpha value is -2.36. The first-order valence-electron chi connectivity index (χ1n) is 15.2. The van der Waals surface area contributed by atoms with Gasteiger partial charge in [-0.05, 0) is 81.9 Å². The second kappa shape index (κ2) is 12.2. The van der Waals surface area contributed by atoms with Crippen LogP contribution in [0.2, 0.25) is 0 Å². The highest BCUT2D eigenvalue weighted by Crippen LogP contribution is 2.40. The van der Waals surface area contributed by atoms with Crippen LogP contribution in [0.5, 0.6) is 0 Å². The van der Waals surface area contributed by atoms with Gasteiger partial charge in [0.05, 0.1) is 17.5 Å². The van der Waals surface area contributed by atoms with E-state index in [1.54, 1.807) is 6.08 Å². The van der Waals surface area contributed by atoms with E-state index in [4.69, 9.17) is 0 Å². The van der Waals surface area contributed by atoms with Crippen molar-refractivity contribution in [2.24, 2.45) is 22.7 Å². The quantitative estimate of drug-likeness (QED) is 0.305. The first kappa shape index (κ1) is 28.6. The van der Waals surface area contributed by atoms with Gasteiger partial charge in [0, 0.05) is 17.8 Å². The number of rotatable bonds is 8. The summed E-state index contributed by atoms with van der Waals surface area (Å²) in [5.41, 5.74) is 0.194. The fourth-order valence-electron chi connectivity index (χ4n) is 6.94. The molecule has 0 spiro atoms. The van der Waals surface area contributed by atoms with Crippen LogP contribution in [-0.2, 0) is 9.59 Å². The molecule has 2 saturated carbocycles. The molecular weight excluding hydrogens is 468 g/mol. The summed E-state index contributed by atoms with van der Waals surface area (Å²) in [4.78, 5) is 31.7. The standard InChI is InChI=1S/C34H50N2O2/c1-6-33(2,3)31(37)36-25-15-20-28(30(36)27-18-11-8-12-19-27)22-23-34(4,5)32(38)35-24-14-13-21-29(35)26-16-9-7-10-17-26/h6,13-15,20-21,24-27,29-30H,1,7-12,16-19,22-23H2,2-5H3. The monoisotopic (exact) mass is 518 g/mol. The van der Waals surface area contributed by atoms with E-state index in [0.717, 1.165) is 25.7 Å². The third-order valence-corrected chi connectivity index (χ3v) is 9.60. The van der Waals surface area contributed by atoms with E-state index in [9.17, 15) is 9.59 Å². The summed E-state index contributed by atoms with van der Waals surface area (Å²) >= 11 is 0. The Kier molecular flexibility index (Phi) is 9.21. The van der Waals surface area contributed by atoms with Gasteiger partial charge in [0.2, 0.25) is 11.8 Å². The van der Waals surface area contributed by atoms with Gasteiger partial charge in [-0.25, -0.2) is 0 Å². The Labute approximate surface area is 231 Å². The zero-order chi connectivity index (χ0) is 27.3. The van der Waals surface area contributed by atoms with Gasteiger partial charge in [0.25, 0.3) is 0 Å². The molecule has 0 N–H and O–H groups in total. The minimum atomic E-state index is -0.614. The third kappa shape index (κ3) is 6.26. The van der Waals surface area contributed by atoms with Gasteiger partial charge in [0.15, 0.2) is 0 Å². The summed E-state index contributed by atoms with van der Waals surface area (Å²) < 4.78 is 0. The second-order valence-corrected chi connectivity index (χ2v) is 13.3. The predicted octanol–water partition coefficient (Wildman–Crippen LogP) is 8.10. The highest BCUT2D eigenvalue weighted by Gasteiger charge is 2.41. The molecule has 2 unspecified atom stereocenters. The van der Waals surface area contributed by atoms with Gasteiger partial charge in [-0.3, -0.25) is 9.59 Å². The minimum Gasteiger partial charge on any atom is -0.311 e. The third-order valence-electron chi connectivity index (χ3n) is 9.60. The number of nitrogens with zero attached hydrogens (tertiary/aromatic N) is 2. The molecule has 2 aliphatic heterocycles. The lowest BCUT2D eigenvalue weighted by molar-refractivity contribution is -0.140. The highest BCUT2D eigenvalue weighted by molar-refractivity contribution is 5.86. The number of hydrogen-bond acceptors (Lipinski definition) is 2. The molecule has 2 heterocycles. The van der Waals surface area contributed by atoms with Crippen molar-refractivity contribution in [2.75, 3.05) is 0 Å². The van der Waals surface area contributed by atoms with Crippen molar-refractivity contribution in [1.29, 1.82) is 0 Å². The molecule has 2 amide bonds. The Bertz CT molecular complexity index is 986. The fourth-order valence-corrected chi connectivity index (χ4v) is 6.94. The Morgan fingerprint density at radius 1 is 0.842 bits per heavy atom. The summed E-state index contributed by atoms with van der Waals surface area (Å²) in [6, 6.07) is 0.249. The Morgan fingerprint density at radius 2 is 1.45 bits per heavy atom. The Morgan fingerprint density at radius 3 is 2.08 bits per heavy atom. The van der Waals surface area contributed by atoms with E-state index in [1.807, 2.05) is 48.2 Å². The highest BCUT2D eigenvalue weighted by atomic mass is 16.2. The van der Waals surface area contributed by atoms with Crippen LogP contribution >= 0.6 is 0 Å². The smallest absolute Gasteiger partial charge is 0.236 e. The van der Waals surface area contributed by atoms with E-state index in [-0.39, 0.29) is 23.9 Å². The van der Waals surface area contributed by atoms with E-state index >= 15 is 0 Å². The number of hydrogen-bond donors (Lipinski definition) is 0. The van der Waals surface area contributed by atoms with Crippen molar-refractivity contribution in [2.45, 2.75) is 117 Å². The molecule has 4 nitrogen and oxygen atoms in total. The number of allylic oxidation sites excluding steroid dienone is 4. The Balaban J connectivity index is 1.50. The summed E-state index contributed by atoms with van der Waals surface area (Å²) in [6.45, 7) is 12.1. The van der Waals surface area contributed by atoms with Gasteiger partial charge < -0.3 is 9.80 Å². The van der Waals surface area contributed by atoms with Crippen LogP contribution in [0.15, 0.2) is 61.0 Å². The molecule has 4 rings (SSSR count). The molecular formula is C34H50N2O2. The van der Waals surface area contributed by atoms with Crippen LogP contribution in [0, 0.1) is 22.7 Å². The summed E-state index contributed by atoms with van der Waals surface area (Å²) in [5, 5.41) is 0. The molecule has 2 fully saturated rings. The van der Waals surface area contributed by atoms with Crippen molar-refractivity contribution in [3.63, 3.8) is 0 Å².